The summed E-state index contributed by atoms with van der Waals surface area (Å²) >= 11 is 0. The van der Waals surface area contributed by atoms with Gasteiger partial charge in [0, 0.05) is 7.05 Å². The number of nitrogens with zero attached hydrogens (tertiary/aromatic N) is 3. The molecule has 0 unspecified atom stereocenters. The first-order valence-electron chi connectivity index (χ1n) is 3.90. The van der Waals surface area contributed by atoms with Gasteiger partial charge in [-0.05, 0) is 6.92 Å². The van der Waals surface area contributed by atoms with Crippen LogP contribution in [0.3, 0.4) is 0 Å². The van der Waals surface area contributed by atoms with Gasteiger partial charge in [0.05, 0.1) is 6.20 Å². The van der Waals surface area contributed by atoms with Crippen LogP contribution in [0, 0.1) is 0 Å². The molecule has 0 aliphatic heterocycles. The van der Waals surface area contributed by atoms with Crippen molar-refractivity contribution >= 4 is 11.9 Å². The van der Waals surface area contributed by atoms with Gasteiger partial charge in [0.1, 0.15) is 6.04 Å². The summed E-state index contributed by atoms with van der Waals surface area (Å²) in [7, 11) is 1.62. The van der Waals surface area contributed by atoms with Crippen molar-refractivity contribution in [2.24, 2.45) is 7.05 Å². The van der Waals surface area contributed by atoms with Crippen LogP contribution in [0.15, 0.2) is 6.20 Å². The molecule has 1 aromatic rings. The predicted molar refractivity (Wildman–Crippen MR) is 45.6 cm³/mol. The second kappa shape index (κ2) is 3.86. The maximum absolute atomic E-state index is 11.3. The fraction of sp³-hybridized carbons (Fsp3) is 0.429. The molecule has 1 heterocycles. The molecule has 0 saturated carbocycles. The van der Waals surface area contributed by atoms with E-state index in [9.17, 15) is 9.59 Å². The fourth-order valence-electron chi connectivity index (χ4n) is 0.784. The molecule has 0 fully saturated rings. The Kier molecular flexibility index (Phi) is 2.80. The summed E-state index contributed by atoms with van der Waals surface area (Å²) in [6.07, 6.45) is 1.41. The Bertz CT molecular complexity index is 360. The molecule has 0 aromatic carbocycles. The molecule has 0 radical (unpaired) electrons. The van der Waals surface area contributed by atoms with Gasteiger partial charge in [-0.15, -0.1) is 5.10 Å². The summed E-state index contributed by atoms with van der Waals surface area (Å²) < 4.78 is 1.36. The normalized spacial score (nSPS) is 12.1. The Hall–Kier alpha value is -1.92. The van der Waals surface area contributed by atoms with E-state index >= 15 is 0 Å². The van der Waals surface area contributed by atoms with E-state index in [1.54, 1.807) is 7.05 Å². The lowest BCUT2D eigenvalue weighted by Gasteiger charge is -2.06. The molecule has 0 aliphatic rings. The Labute approximate surface area is 79.7 Å². The number of rotatable bonds is 3. The zero-order chi connectivity index (χ0) is 10.7. The number of hydrogen-bond donors (Lipinski definition) is 2. The fourth-order valence-corrected chi connectivity index (χ4v) is 0.784. The highest BCUT2D eigenvalue weighted by Gasteiger charge is 2.16. The van der Waals surface area contributed by atoms with Gasteiger partial charge in [-0.1, -0.05) is 5.21 Å². The van der Waals surface area contributed by atoms with Crippen LogP contribution < -0.4 is 5.32 Å². The highest BCUT2D eigenvalue weighted by atomic mass is 16.4. The molecule has 0 spiro atoms. The average Bonchev–Trinajstić information content (AvgIpc) is 2.51. The first kappa shape index (κ1) is 10.2. The summed E-state index contributed by atoms with van der Waals surface area (Å²) in [4.78, 5) is 21.7. The van der Waals surface area contributed by atoms with Gasteiger partial charge in [-0.2, -0.15) is 0 Å². The Morgan fingerprint density at radius 2 is 2.29 bits per heavy atom. The highest BCUT2D eigenvalue weighted by Crippen LogP contribution is 1.92. The van der Waals surface area contributed by atoms with Crippen LogP contribution >= 0.6 is 0 Å². The van der Waals surface area contributed by atoms with Crippen molar-refractivity contribution in [2.75, 3.05) is 0 Å². The summed E-state index contributed by atoms with van der Waals surface area (Å²) in [6, 6.07) is -0.940. The van der Waals surface area contributed by atoms with Crippen LogP contribution in [-0.4, -0.2) is 38.0 Å². The number of aryl methyl sites for hydroxylation is 1. The first-order chi connectivity index (χ1) is 6.50. The third-order valence-corrected chi connectivity index (χ3v) is 1.55. The molecule has 0 bridgehead atoms. The lowest BCUT2D eigenvalue weighted by Crippen LogP contribution is -2.38. The zero-order valence-electron chi connectivity index (χ0n) is 7.76. The van der Waals surface area contributed by atoms with Crippen molar-refractivity contribution in [1.82, 2.24) is 20.3 Å². The van der Waals surface area contributed by atoms with Gasteiger partial charge in [-0.25, -0.2) is 0 Å². The molecular formula is C7H10N4O3. The molecule has 1 amide bonds. The Morgan fingerprint density at radius 1 is 1.64 bits per heavy atom. The van der Waals surface area contributed by atoms with Crippen molar-refractivity contribution in [1.29, 1.82) is 0 Å². The van der Waals surface area contributed by atoms with Crippen molar-refractivity contribution in [3.05, 3.63) is 11.9 Å². The van der Waals surface area contributed by atoms with Crippen LogP contribution in [-0.2, 0) is 11.8 Å². The van der Waals surface area contributed by atoms with E-state index in [2.05, 4.69) is 15.6 Å². The topological polar surface area (TPSA) is 97.1 Å². The Balaban J connectivity index is 2.63. The molecule has 2 N–H and O–H groups in total. The molecule has 0 aliphatic carbocycles. The first-order valence-corrected chi connectivity index (χ1v) is 3.90. The van der Waals surface area contributed by atoms with Crippen LogP contribution in [0.2, 0.25) is 0 Å². The minimum Gasteiger partial charge on any atom is -0.480 e. The molecule has 7 heteroatoms. The quantitative estimate of drug-likeness (QED) is 0.650. The van der Waals surface area contributed by atoms with E-state index in [-0.39, 0.29) is 5.69 Å². The van der Waals surface area contributed by atoms with E-state index in [4.69, 9.17) is 5.11 Å². The number of carbonyl (C=O) groups is 2. The van der Waals surface area contributed by atoms with Gasteiger partial charge in [0.2, 0.25) is 0 Å². The lowest BCUT2D eigenvalue weighted by atomic mass is 10.3. The minimum atomic E-state index is -1.10. The number of carboxylic acid groups (broad SMARTS) is 1. The molecule has 1 rings (SSSR count). The van der Waals surface area contributed by atoms with Gasteiger partial charge < -0.3 is 10.4 Å². The van der Waals surface area contributed by atoms with Crippen molar-refractivity contribution < 1.29 is 14.7 Å². The zero-order valence-corrected chi connectivity index (χ0v) is 7.76. The predicted octanol–water partition coefficient (Wildman–Crippen LogP) is -0.982. The van der Waals surface area contributed by atoms with E-state index in [0.717, 1.165) is 0 Å². The van der Waals surface area contributed by atoms with Crippen LogP contribution in [0.4, 0.5) is 0 Å². The van der Waals surface area contributed by atoms with E-state index in [1.165, 1.54) is 17.8 Å². The molecule has 0 saturated heterocycles. The summed E-state index contributed by atoms with van der Waals surface area (Å²) in [5.74, 6) is -1.64. The minimum absolute atomic E-state index is 0.0978. The maximum atomic E-state index is 11.3. The molecular weight excluding hydrogens is 188 g/mol. The van der Waals surface area contributed by atoms with Crippen molar-refractivity contribution in [2.45, 2.75) is 13.0 Å². The second-order valence-electron chi connectivity index (χ2n) is 2.81. The number of aliphatic carboxylic acids is 1. The second-order valence-corrected chi connectivity index (χ2v) is 2.81. The Morgan fingerprint density at radius 3 is 2.71 bits per heavy atom. The van der Waals surface area contributed by atoms with Gasteiger partial charge in [-0.3, -0.25) is 14.3 Å². The van der Waals surface area contributed by atoms with E-state index < -0.39 is 17.9 Å². The third-order valence-electron chi connectivity index (χ3n) is 1.55. The molecule has 1 atom stereocenters. The lowest BCUT2D eigenvalue weighted by molar-refractivity contribution is -0.138. The van der Waals surface area contributed by atoms with E-state index in [1.807, 2.05) is 0 Å². The maximum Gasteiger partial charge on any atom is 0.325 e. The third kappa shape index (κ3) is 2.28. The number of nitrogens with one attached hydrogen (secondary N) is 1. The van der Waals surface area contributed by atoms with Gasteiger partial charge in [0.25, 0.3) is 5.91 Å². The van der Waals surface area contributed by atoms with Crippen LogP contribution in [0.25, 0.3) is 0 Å². The molecule has 76 valence electrons. The SMILES string of the molecule is C[C@@H](NC(=O)c1cn(C)nn1)C(=O)O. The number of aromatic nitrogens is 3. The molecule has 7 nitrogen and oxygen atoms in total. The van der Waals surface area contributed by atoms with Crippen LogP contribution in [0.1, 0.15) is 17.4 Å². The van der Waals surface area contributed by atoms with E-state index in [0.29, 0.717) is 0 Å². The summed E-state index contributed by atoms with van der Waals surface area (Å²) in [5, 5.41) is 17.9. The standard InChI is InChI=1S/C7H10N4O3/c1-4(7(13)14)8-6(12)5-3-11(2)10-9-5/h3-4H,1-2H3,(H,8,12)(H,13,14)/t4-/m1/s1. The number of carbonyl (C=O) groups excluding carboxylic acids is 1. The van der Waals surface area contributed by atoms with Gasteiger partial charge >= 0.3 is 5.97 Å². The molecule has 14 heavy (non-hydrogen) atoms. The van der Waals surface area contributed by atoms with Crippen LogP contribution in [0.5, 0.6) is 0 Å². The number of hydrogen-bond acceptors (Lipinski definition) is 4. The number of amides is 1. The molecule has 1 aromatic heterocycles. The van der Waals surface area contributed by atoms with Crippen molar-refractivity contribution in [3.8, 4) is 0 Å². The highest BCUT2D eigenvalue weighted by molar-refractivity contribution is 5.94. The van der Waals surface area contributed by atoms with Crippen molar-refractivity contribution in [3.63, 3.8) is 0 Å². The largest absolute Gasteiger partial charge is 0.480 e. The summed E-state index contributed by atoms with van der Waals surface area (Å²) in [6.45, 7) is 1.37. The smallest absolute Gasteiger partial charge is 0.325 e. The van der Waals surface area contributed by atoms with Gasteiger partial charge in [0.15, 0.2) is 5.69 Å². The average molecular weight is 198 g/mol. The summed E-state index contributed by atoms with van der Waals surface area (Å²) in [5.41, 5.74) is 0.0978. The monoisotopic (exact) mass is 198 g/mol. The number of carboxylic acids is 1.